The molecule has 0 saturated carbocycles. The molecule has 2 aromatic carbocycles. The van der Waals surface area contributed by atoms with Crippen LogP contribution in [-0.4, -0.2) is 23.4 Å². The first kappa shape index (κ1) is 15.4. The number of hydrogen-bond acceptors (Lipinski definition) is 3. The predicted octanol–water partition coefficient (Wildman–Crippen LogP) is 4.17. The first-order valence-electron chi connectivity index (χ1n) is 6.73. The lowest BCUT2D eigenvalue weighted by Crippen LogP contribution is -2.05. The molecule has 0 bridgehead atoms. The van der Waals surface area contributed by atoms with E-state index in [1.54, 1.807) is 36.0 Å². The number of carboxylic acids is 1. The van der Waals surface area contributed by atoms with Crippen LogP contribution in [0.25, 0.3) is 0 Å². The van der Waals surface area contributed by atoms with Crippen LogP contribution in [0, 0.1) is 13.8 Å². The van der Waals surface area contributed by atoms with Crippen LogP contribution in [-0.2, 0) is 0 Å². The van der Waals surface area contributed by atoms with Crippen LogP contribution in [0.2, 0.25) is 0 Å². The molecule has 0 spiro atoms. The van der Waals surface area contributed by atoms with E-state index in [4.69, 9.17) is 9.84 Å². The highest BCUT2D eigenvalue weighted by atomic mass is 32.2. The largest absolute Gasteiger partial charge is 0.492 e. The van der Waals surface area contributed by atoms with Crippen LogP contribution in [0.1, 0.15) is 21.5 Å². The second kappa shape index (κ2) is 7.18. The second-order valence-electron chi connectivity index (χ2n) is 4.77. The van der Waals surface area contributed by atoms with Gasteiger partial charge in [0, 0.05) is 10.6 Å². The van der Waals surface area contributed by atoms with Gasteiger partial charge in [0.2, 0.25) is 0 Å². The van der Waals surface area contributed by atoms with E-state index in [9.17, 15) is 4.79 Å². The molecule has 0 aromatic heterocycles. The summed E-state index contributed by atoms with van der Waals surface area (Å²) in [6.07, 6.45) is 0. The van der Waals surface area contributed by atoms with Crippen LogP contribution >= 0.6 is 11.8 Å². The lowest BCUT2D eigenvalue weighted by atomic mass is 10.2. The van der Waals surface area contributed by atoms with Gasteiger partial charge in [-0.1, -0.05) is 29.8 Å². The molecule has 2 aromatic rings. The maximum absolute atomic E-state index is 11.1. The highest BCUT2D eigenvalue weighted by molar-refractivity contribution is 7.99. The number of aromatic carboxylic acids is 1. The van der Waals surface area contributed by atoms with Gasteiger partial charge in [-0.15, -0.1) is 11.8 Å². The zero-order valence-corrected chi connectivity index (χ0v) is 12.9. The SMILES string of the molecule is Cc1ccc(C)c(SCCOc2ccccc2C(=O)O)c1. The summed E-state index contributed by atoms with van der Waals surface area (Å²) < 4.78 is 5.59. The third kappa shape index (κ3) is 4.26. The molecule has 0 radical (unpaired) electrons. The Hall–Kier alpha value is -1.94. The predicted molar refractivity (Wildman–Crippen MR) is 85.5 cm³/mol. The van der Waals surface area contributed by atoms with Gasteiger partial charge < -0.3 is 9.84 Å². The minimum absolute atomic E-state index is 0.203. The number of carboxylic acid groups (broad SMARTS) is 1. The van der Waals surface area contributed by atoms with Gasteiger partial charge in [-0.05, 0) is 37.6 Å². The Labute approximate surface area is 129 Å². The highest BCUT2D eigenvalue weighted by Gasteiger charge is 2.09. The molecule has 0 unspecified atom stereocenters. The Balaban J connectivity index is 1.91. The van der Waals surface area contributed by atoms with E-state index in [0.717, 1.165) is 5.75 Å². The van der Waals surface area contributed by atoms with Gasteiger partial charge in [-0.3, -0.25) is 0 Å². The Morgan fingerprint density at radius 1 is 1.19 bits per heavy atom. The summed E-state index contributed by atoms with van der Waals surface area (Å²) in [5.74, 6) is 0.234. The number of thioether (sulfide) groups is 1. The average Bonchev–Trinajstić information content (AvgIpc) is 2.47. The Kier molecular flexibility index (Phi) is 5.28. The highest BCUT2D eigenvalue weighted by Crippen LogP contribution is 2.24. The molecule has 1 N–H and O–H groups in total. The Morgan fingerprint density at radius 2 is 1.95 bits per heavy atom. The molecule has 0 aliphatic rings. The fourth-order valence-corrected chi connectivity index (χ4v) is 2.89. The summed E-state index contributed by atoms with van der Waals surface area (Å²) in [5.41, 5.74) is 2.69. The van der Waals surface area contributed by atoms with Crippen molar-refractivity contribution >= 4 is 17.7 Å². The van der Waals surface area contributed by atoms with Gasteiger partial charge in [0.25, 0.3) is 0 Å². The number of para-hydroxylation sites is 1. The van der Waals surface area contributed by atoms with Crippen molar-refractivity contribution in [2.75, 3.05) is 12.4 Å². The van der Waals surface area contributed by atoms with Crippen LogP contribution in [0.4, 0.5) is 0 Å². The third-order valence-electron chi connectivity index (χ3n) is 3.06. The molecule has 0 atom stereocenters. The summed E-state index contributed by atoms with van der Waals surface area (Å²) in [4.78, 5) is 12.3. The van der Waals surface area contributed by atoms with E-state index in [2.05, 4.69) is 32.0 Å². The van der Waals surface area contributed by atoms with Crippen LogP contribution in [0.15, 0.2) is 47.4 Å². The molecule has 0 fully saturated rings. The number of hydrogen-bond donors (Lipinski definition) is 1. The minimum Gasteiger partial charge on any atom is -0.492 e. The summed E-state index contributed by atoms with van der Waals surface area (Å²) in [5, 5.41) is 9.08. The quantitative estimate of drug-likeness (QED) is 0.642. The molecular formula is C17H18O3S. The van der Waals surface area contributed by atoms with Crippen LogP contribution in [0.3, 0.4) is 0 Å². The molecule has 3 nitrogen and oxygen atoms in total. The maximum atomic E-state index is 11.1. The summed E-state index contributed by atoms with van der Waals surface area (Å²) in [6, 6.07) is 13.1. The third-order valence-corrected chi connectivity index (χ3v) is 4.18. The monoisotopic (exact) mass is 302 g/mol. The molecule has 0 saturated heterocycles. The van der Waals surface area contributed by atoms with Crippen molar-refractivity contribution in [3.63, 3.8) is 0 Å². The van der Waals surface area contributed by atoms with Crippen molar-refractivity contribution in [3.05, 3.63) is 59.2 Å². The molecule has 0 aliphatic carbocycles. The van der Waals surface area contributed by atoms with E-state index < -0.39 is 5.97 Å². The molecular weight excluding hydrogens is 284 g/mol. The molecule has 0 heterocycles. The van der Waals surface area contributed by atoms with E-state index in [1.807, 2.05) is 0 Å². The van der Waals surface area contributed by atoms with Crippen LogP contribution < -0.4 is 4.74 Å². The van der Waals surface area contributed by atoms with Crippen molar-refractivity contribution in [1.29, 1.82) is 0 Å². The fraction of sp³-hybridized carbons (Fsp3) is 0.235. The molecule has 4 heteroatoms. The normalized spacial score (nSPS) is 10.4. The summed E-state index contributed by atoms with van der Waals surface area (Å²) in [7, 11) is 0. The standard InChI is InChI=1S/C17H18O3S/c1-12-7-8-13(2)16(11-12)21-10-9-20-15-6-4-3-5-14(15)17(18)19/h3-8,11H,9-10H2,1-2H3,(H,18,19). The second-order valence-corrected chi connectivity index (χ2v) is 5.90. The van der Waals surface area contributed by atoms with Gasteiger partial charge in [0.15, 0.2) is 0 Å². The lowest BCUT2D eigenvalue weighted by Gasteiger charge is -2.10. The Bertz CT molecular complexity index is 638. The lowest BCUT2D eigenvalue weighted by molar-refractivity contribution is 0.0692. The fourth-order valence-electron chi connectivity index (χ4n) is 1.94. The molecule has 0 aliphatic heterocycles. The van der Waals surface area contributed by atoms with Crippen molar-refractivity contribution in [2.45, 2.75) is 18.7 Å². The first-order chi connectivity index (χ1) is 10.1. The number of benzene rings is 2. The van der Waals surface area contributed by atoms with Crippen LogP contribution in [0.5, 0.6) is 5.75 Å². The Morgan fingerprint density at radius 3 is 2.71 bits per heavy atom. The van der Waals surface area contributed by atoms with Gasteiger partial charge in [-0.2, -0.15) is 0 Å². The van der Waals surface area contributed by atoms with E-state index in [1.165, 1.54) is 16.0 Å². The first-order valence-corrected chi connectivity index (χ1v) is 7.71. The number of carbonyl (C=O) groups is 1. The van der Waals surface area contributed by atoms with E-state index in [-0.39, 0.29) is 5.56 Å². The topological polar surface area (TPSA) is 46.5 Å². The van der Waals surface area contributed by atoms with Crippen molar-refractivity contribution in [3.8, 4) is 5.75 Å². The van der Waals surface area contributed by atoms with Gasteiger partial charge in [-0.25, -0.2) is 4.79 Å². The number of rotatable bonds is 6. The summed E-state index contributed by atoms with van der Waals surface area (Å²) in [6.45, 7) is 4.63. The van der Waals surface area contributed by atoms with Crippen molar-refractivity contribution in [1.82, 2.24) is 0 Å². The number of ether oxygens (including phenoxy) is 1. The van der Waals surface area contributed by atoms with Crippen molar-refractivity contribution < 1.29 is 14.6 Å². The van der Waals surface area contributed by atoms with Gasteiger partial charge in [0.1, 0.15) is 11.3 Å². The van der Waals surface area contributed by atoms with Gasteiger partial charge >= 0.3 is 5.97 Å². The minimum atomic E-state index is -0.965. The maximum Gasteiger partial charge on any atom is 0.339 e. The van der Waals surface area contributed by atoms with Gasteiger partial charge in [0.05, 0.1) is 6.61 Å². The smallest absolute Gasteiger partial charge is 0.339 e. The molecule has 21 heavy (non-hydrogen) atoms. The number of aryl methyl sites for hydroxylation is 2. The van der Waals surface area contributed by atoms with E-state index >= 15 is 0 Å². The van der Waals surface area contributed by atoms with Crippen molar-refractivity contribution in [2.24, 2.45) is 0 Å². The molecule has 2 rings (SSSR count). The zero-order chi connectivity index (χ0) is 15.2. The van der Waals surface area contributed by atoms with E-state index in [0.29, 0.717) is 12.4 Å². The summed E-state index contributed by atoms with van der Waals surface area (Å²) >= 11 is 1.72. The molecule has 110 valence electrons. The zero-order valence-electron chi connectivity index (χ0n) is 12.1. The molecule has 0 amide bonds. The average molecular weight is 302 g/mol.